The van der Waals surface area contributed by atoms with Crippen molar-refractivity contribution >= 4 is 5.97 Å². The second-order valence-corrected chi connectivity index (χ2v) is 7.09. The maximum absolute atomic E-state index is 11.5. The lowest BCUT2D eigenvalue weighted by Crippen LogP contribution is -2.60. The first-order valence-corrected chi connectivity index (χ1v) is 7.95. The summed E-state index contributed by atoms with van der Waals surface area (Å²) in [5.41, 5.74) is 0.00933. The molecule has 0 aromatic rings. The topological polar surface area (TPSA) is 40.5 Å². The van der Waals surface area contributed by atoms with Crippen molar-refractivity contribution in [1.82, 2.24) is 4.90 Å². The Kier molecular flexibility index (Phi) is 4.54. The SMILES string of the molecule is CC1(C)CCCCC1(CC(=O)O)N1CCCCCC1. The van der Waals surface area contributed by atoms with Crippen molar-refractivity contribution in [2.24, 2.45) is 5.41 Å². The molecule has 1 N–H and O–H groups in total. The molecular formula is C16H29NO2. The van der Waals surface area contributed by atoms with Crippen molar-refractivity contribution in [1.29, 1.82) is 0 Å². The maximum atomic E-state index is 11.5. The molecule has 0 spiro atoms. The van der Waals surface area contributed by atoms with Crippen LogP contribution in [-0.2, 0) is 4.79 Å². The van der Waals surface area contributed by atoms with Crippen molar-refractivity contribution in [2.45, 2.75) is 77.2 Å². The van der Waals surface area contributed by atoms with Crippen LogP contribution in [0.15, 0.2) is 0 Å². The Bertz CT molecular complexity index is 319. The van der Waals surface area contributed by atoms with Crippen molar-refractivity contribution < 1.29 is 9.90 Å². The van der Waals surface area contributed by atoms with E-state index in [1.807, 2.05) is 0 Å². The average Bonchev–Trinajstić information content (AvgIpc) is 2.60. The number of aliphatic carboxylic acids is 1. The molecule has 0 bridgehead atoms. The highest BCUT2D eigenvalue weighted by atomic mass is 16.4. The van der Waals surface area contributed by atoms with Gasteiger partial charge in [0.25, 0.3) is 0 Å². The third-order valence-corrected chi connectivity index (χ3v) is 5.56. The fourth-order valence-electron chi connectivity index (χ4n) is 4.33. The normalized spacial score (nSPS) is 32.7. The standard InChI is InChI=1S/C16H29NO2/c1-15(2)9-5-6-10-16(15,13-14(18)19)17-11-7-3-4-8-12-17/h3-13H2,1-2H3,(H,18,19). The number of carboxylic acid groups (broad SMARTS) is 1. The monoisotopic (exact) mass is 267 g/mol. The Morgan fingerprint density at radius 2 is 1.58 bits per heavy atom. The van der Waals surface area contributed by atoms with E-state index in [0.29, 0.717) is 6.42 Å². The van der Waals surface area contributed by atoms with Crippen LogP contribution in [0.5, 0.6) is 0 Å². The average molecular weight is 267 g/mol. The number of carboxylic acids is 1. The second-order valence-electron chi connectivity index (χ2n) is 7.09. The molecule has 2 aliphatic rings. The lowest BCUT2D eigenvalue weighted by atomic mass is 9.60. The van der Waals surface area contributed by atoms with Crippen LogP contribution >= 0.6 is 0 Å². The lowest BCUT2D eigenvalue weighted by Gasteiger charge is -2.56. The summed E-state index contributed by atoms with van der Waals surface area (Å²) in [6, 6.07) is 0. The van der Waals surface area contributed by atoms with Crippen LogP contribution in [0.3, 0.4) is 0 Å². The van der Waals surface area contributed by atoms with E-state index in [1.54, 1.807) is 0 Å². The highest BCUT2D eigenvalue weighted by Crippen LogP contribution is 2.50. The Hall–Kier alpha value is -0.570. The van der Waals surface area contributed by atoms with Crippen molar-refractivity contribution in [3.05, 3.63) is 0 Å². The first-order chi connectivity index (χ1) is 8.98. The van der Waals surface area contributed by atoms with Gasteiger partial charge in [-0.05, 0) is 44.2 Å². The predicted octanol–water partition coefficient (Wildman–Crippen LogP) is 3.68. The number of carbonyl (C=O) groups is 1. The Morgan fingerprint density at radius 3 is 2.11 bits per heavy atom. The molecule has 3 heteroatoms. The zero-order valence-corrected chi connectivity index (χ0v) is 12.6. The molecule has 1 atom stereocenters. The Labute approximate surface area is 117 Å². The van der Waals surface area contributed by atoms with Gasteiger partial charge < -0.3 is 5.11 Å². The molecule has 3 nitrogen and oxygen atoms in total. The van der Waals surface area contributed by atoms with E-state index in [2.05, 4.69) is 18.7 Å². The summed E-state index contributed by atoms with van der Waals surface area (Å²) in [5, 5.41) is 9.44. The summed E-state index contributed by atoms with van der Waals surface area (Å²) in [5.74, 6) is -0.626. The largest absolute Gasteiger partial charge is 0.481 e. The van der Waals surface area contributed by atoms with Gasteiger partial charge in [0.15, 0.2) is 0 Å². The van der Waals surface area contributed by atoms with Gasteiger partial charge in [0.2, 0.25) is 0 Å². The molecule has 0 radical (unpaired) electrons. The maximum Gasteiger partial charge on any atom is 0.305 e. The first-order valence-electron chi connectivity index (χ1n) is 7.95. The lowest BCUT2D eigenvalue weighted by molar-refractivity contribution is -0.146. The summed E-state index contributed by atoms with van der Waals surface area (Å²) in [7, 11) is 0. The third kappa shape index (κ3) is 2.96. The van der Waals surface area contributed by atoms with Gasteiger partial charge in [0.1, 0.15) is 0 Å². The van der Waals surface area contributed by atoms with Crippen LogP contribution in [0.2, 0.25) is 0 Å². The van der Waals surface area contributed by atoms with E-state index in [9.17, 15) is 9.90 Å². The van der Waals surface area contributed by atoms with Crippen molar-refractivity contribution in [2.75, 3.05) is 13.1 Å². The minimum absolute atomic E-state index is 0.110. The summed E-state index contributed by atoms with van der Waals surface area (Å²) < 4.78 is 0. The van der Waals surface area contributed by atoms with Crippen LogP contribution < -0.4 is 0 Å². The fourth-order valence-corrected chi connectivity index (χ4v) is 4.33. The van der Waals surface area contributed by atoms with Gasteiger partial charge in [-0.1, -0.05) is 39.5 Å². The molecule has 2 fully saturated rings. The molecule has 19 heavy (non-hydrogen) atoms. The predicted molar refractivity (Wildman–Crippen MR) is 77.3 cm³/mol. The minimum atomic E-state index is -0.626. The van der Waals surface area contributed by atoms with Gasteiger partial charge in [-0.3, -0.25) is 9.69 Å². The number of likely N-dealkylation sites (tertiary alicyclic amines) is 1. The molecule has 2 rings (SSSR count). The number of hydrogen-bond acceptors (Lipinski definition) is 2. The van der Waals surface area contributed by atoms with Gasteiger partial charge in [-0.15, -0.1) is 0 Å². The van der Waals surface area contributed by atoms with Gasteiger partial charge in [-0.25, -0.2) is 0 Å². The molecule has 1 unspecified atom stereocenters. The van der Waals surface area contributed by atoms with Gasteiger partial charge >= 0.3 is 5.97 Å². The van der Waals surface area contributed by atoms with E-state index >= 15 is 0 Å². The zero-order chi connectivity index (χ0) is 13.9. The summed E-state index contributed by atoms with van der Waals surface area (Å²) in [6.07, 6.45) is 10.1. The van der Waals surface area contributed by atoms with Gasteiger partial charge in [-0.2, -0.15) is 0 Å². The second kappa shape index (κ2) is 5.82. The summed E-state index contributed by atoms with van der Waals surface area (Å²) in [4.78, 5) is 14.0. The number of rotatable bonds is 3. The molecule has 1 saturated heterocycles. The molecule has 0 aromatic carbocycles. The number of hydrogen-bond donors (Lipinski definition) is 1. The van der Waals surface area contributed by atoms with Crippen LogP contribution in [-0.4, -0.2) is 34.6 Å². The van der Waals surface area contributed by atoms with Gasteiger partial charge in [0.05, 0.1) is 6.42 Å². The van der Waals surface area contributed by atoms with Crippen LogP contribution in [0.4, 0.5) is 0 Å². The first kappa shape index (κ1) is 14.8. The molecule has 0 aromatic heterocycles. The molecule has 0 amide bonds. The summed E-state index contributed by atoms with van der Waals surface area (Å²) >= 11 is 0. The molecule has 1 aliphatic heterocycles. The molecular weight excluding hydrogens is 238 g/mol. The van der Waals surface area contributed by atoms with Crippen molar-refractivity contribution in [3.8, 4) is 0 Å². The molecule has 1 heterocycles. The zero-order valence-electron chi connectivity index (χ0n) is 12.6. The summed E-state index contributed by atoms with van der Waals surface area (Å²) in [6.45, 7) is 6.77. The quantitative estimate of drug-likeness (QED) is 0.848. The number of nitrogens with zero attached hydrogens (tertiary/aromatic N) is 1. The van der Waals surface area contributed by atoms with Crippen LogP contribution in [0.25, 0.3) is 0 Å². The Balaban J connectivity index is 2.28. The smallest absolute Gasteiger partial charge is 0.305 e. The third-order valence-electron chi connectivity index (χ3n) is 5.56. The molecule has 1 saturated carbocycles. The van der Waals surface area contributed by atoms with E-state index in [4.69, 9.17) is 0 Å². The van der Waals surface area contributed by atoms with Crippen LogP contribution in [0.1, 0.15) is 71.6 Å². The van der Waals surface area contributed by atoms with E-state index in [0.717, 1.165) is 25.9 Å². The highest BCUT2D eigenvalue weighted by molar-refractivity contribution is 5.68. The molecule has 110 valence electrons. The molecule has 1 aliphatic carbocycles. The van der Waals surface area contributed by atoms with E-state index in [-0.39, 0.29) is 11.0 Å². The fraction of sp³-hybridized carbons (Fsp3) is 0.938. The van der Waals surface area contributed by atoms with E-state index in [1.165, 1.54) is 38.5 Å². The Morgan fingerprint density at radius 1 is 1.00 bits per heavy atom. The highest BCUT2D eigenvalue weighted by Gasteiger charge is 2.51. The minimum Gasteiger partial charge on any atom is -0.481 e. The van der Waals surface area contributed by atoms with E-state index < -0.39 is 5.97 Å². The van der Waals surface area contributed by atoms with Crippen LogP contribution in [0, 0.1) is 5.41 Å². The van der Waals surface area contributed by atoms with Crippen molar-refractivity contribution in [3.63, 3.8) is 0 Å². The van der Waals surface area contributed by atoms with Gasteiger partial charge in [0, 0.05) is 5.54 Å².